The van der Waals surface area contributed by atoms with Gasteiger partial charge in [0.15, 0.2) is 11.4 Å². The molecular weight excluding hydrogens is 320 g/mol. The summed E-state index contributed by atoms with van der Waals surface area (Å²) in [5, 5.41) is 9.06. The van der Waals surface area contributed by atoms with Gasteiger partial charge in [-0.05, 0) is 60.2 Å². The van der Waals surface area contributed by atoms with E-state index in [1.165, 1.54) is 0 Å². The van der Waals surface area contributed by atoms with Crippen molar-refractivity contribution in [3.63, 3.8) is 0 Å². The van der Waals surface area contributed by atoms with Crippen LogP contribution in [0.4, 0.5) is 0 Å². The number of epoxide rings is 1. The summed E-state index contributed by atoms with van der Waals surface area (Å²) in [7, 11) is 0. The lowest BCUT2D eigenvalue weighted by molar-refractivity contribution is -0.136. The van der Waals surface area contributed by atoms with E-state index in [-0.39, 0.29) is 35.8 Å². The van der Waals surface area contributed by atoms with Gasteiger partial charge in [0, 0.05) is 12.2 Å². The SMILES string of the molecule is CC12CCC3=C(COC3=O)C1CC1OC13C(=O)C(CCCO)=CC=C23. The van der Waals surface area contributed by atoms with Gasteiger partial charge in [0.1, 0.15) is 12.7 Å². The first-order valence-electron chi connectivity index (χ1n) is 9.16. The molecule has 5 rings (SSSR count). The van der Waals surface area contributed by atoms with Gasteiger partial charge in [-0.15, -0.1) is 0 Å². The summed E-state index contributed by atoms with van der Waals surface area (Å²) in [5.41, 5.74) is 2.91. The molecule has 1 spiro atoms. The zero-order valence-electron chi connectivity index (χ0n) is 14.3. The quantitative estimate of drug-likeness (QED) is 0.627. The molecule has 0 aromatic carbocycles. The number of aliphatic hydroxyl groups excluding tert-OH is 1. The molecule has 0 amide bonds. The Balaban J connectivity index is 1.57. The number of ketones is 1. The molecule has 0 aromatic heterocycles. The van der Waals surface area contributed by atoms with Crippen molar-refractivity contribution in [2.45, 2.75) is 50.7 Å². The Hall–Kier alpha value is -1.72. The minimum atomic E-state index is -0.772. The normalized spacial score (nSPS) is 41.2. The second kappa shape index (κ2) is 4.92. The Morgan fingerprint density at radius 2 is 2.16 bits per heavy atom. The largest absolute Gasteiger partial charge is 0.458 e. The Morgan fingerprint density at radius 3 is 2.96 bits per heavy atom. The van der Waals surface area contributed by atoms with Crippen LogP contribution in [0.1, 0.15) is 39.0 Å². The number of rotatable bonds is 3. The van der Waals surface area contributed by atoms with Crippen LogP contribution in [0.15, 0.2) is 34.4 Å². The average Bonchev–Trinajstić information content (AvgIpc) is 3.20. The summed E-state index contributed by atoms with van der Waals surface area (Å²) >= 11 is 0. The number of ether oxygens (including phenoxy) is 2. The molecule has 1 saturated carbocycles. The van der Waals surface area contributed by atoms with E-state index in [0.717, 1.165) is 35.1 Å². The molecule has 25 heavy (non-hydrogen) atoms. The number of allylic oxidation sites excluding steroid dienone is 2. The highest BCUT2D eigenvalue weighted by Crippen LogP contribution is 2.67. The Kier molecular flexibility index (Phi) is 3.06. The Bertz CT molecular complexity index is 788. The van der Waals surface area contributed by atoms with Gasteiger partial charge in [-0.3, -0.25) is 4.79 Å². The Labute approximate surface area is 146 Å². The predicted octanol–water partition coefficient (Wildman–Crippen LogP) is 2.01. The number of carbonyl (C=O) groups excluding carboxylic acids is 2. The molecule has 0 radical (unpaired) electrons. The van der Waals surface area contributed by atoms with Gasteiger partial charge in [-0.1, -0.05) is 19.1 Å². The van der Waals surface area contributed by atoms with E-state index in [2.05, 4.69) is 13.0 Å². The van der Waals surface area contributed by atoms with Gasteiger partial charge in [0.2, 0.25) is 0 Å². The van der Waals surface area contributed by atoms with Crippen molar-refractivity contribution in [1.29, 1.82) is 0 Å². The molecule has 132 valence electrons. The summed E-state index contributed by atoms with van der Waals surface area (Å²) in [6.45, 7) is 2.70. The maximum atomic E-state index is 13.1. The molecule has 0 aromatic rings. The van der Waals surface area contributed by atoms with E-state index < -0.39 is 5.60 Å². The maximum absolute atomic E-state index is 13.1. The lowest BCUT2D eigenvalue weighted by Gasteiger charge is -2.48. The van der Waals surface area contributed by atoms with Crippen molar-refractivity contribution >= 4 is 11.8 Å². The minimum Gasteiger partial charge on any atom is -0.458 e. The lowest BCUT2D eigenvalue weighted by Crippen LogP contribution is -2.49. The maximum Gasteiger partial charge on any atom is 0.334 e. The highest BCUT2D eigenvalue weighted by molar-refractivity contribution is 6.08. The molecule has 1 saturated heterocycles. The first-order valence-corrected chi connectivity index (χ1v) is 9.16. The van der Waals surface area contributed by atoms with Crippen LogP contribution >= 0.6 is 0 Å². The van der Waals surface area contributed by atoms with Crippen molar-refractivity contribution in [2.75, 3.05) is 13.2 Å². The summed E-state index contributed by atoms with van der Waals surface area (Å²) < 4.78 is 11.3. The van der Waals surface area contributed by atoms with E-state index in [0.29, 0.717) is 25.9 Å². The third kappa shape index (κ3) is 1.80. The number of hydrogen-bond acceptors (Lipinski definition) is 5. The lowest BCUT2D eigenvalue weighted by atomic mass is 9.52. The summed E-state index contributed by atoms with van der Waals surface area (Å²) in [6, 6.07) is 0. The number of hydrogen-bond donors (Lipinski definition) is 1. The second-order valence-electron chi connectivity index (χ2n) is 8.06. The van der Waals surface area contributed by atoms with Gasteiger partial charge in [0.25, 0.3) is 0 Å². The van der Waals surface area contributed by atoms with E-state index in [9.17, 15) is 9.59 Å². The molecule has 2 fully saturated rings. The highest BCUT2D eigenvalue weighted by atomic mass is 16.6. The smallest absolute Gasteiger partial charge is 0.334 e. The molecule has 2 aliphatic heterocycles. The van der Waals surface area contributed by atoms with Crippen molar-refractivity contribution in [3.8, 4) is 0 Å². The molecular formula is C20H22O5. The van der Waals surface area contributed by atoms with E-state index >= 15 is 0 Å². The summed E-state index contributed by atoms with van der Waals surface area (Å²) in [6.07, 6.45) is 7.45. The monoisotopic (exact) mass is 342 g/mol. The third-order valence-corrected chi connectivity index (χ3v) is 6.95. The fourth-order valence-electron chi connectivity index (χ4n) is 5.57. The topological polar surface area (TPSA) is 76.1 Å². The van der Waals surface area contributed by atoms with E-state index in [4.69, 9.17) is 14.6 Å². The van der Waals surface area contributed by atoms with Crippen LogP contribution < -0.4 is 0 Å². The fourth-order valence-corrected chi connectivity index (χ4v) is 5.57. The zero-order chi connectivity index (χ0) is 17.4. The third-order valence-electron chi connectivity index (χ3n) is 6.95. The van der Waals surface area contributed by atoms with Crippen LogP contribution in [0.3, 0.4) is 0 Å². The molecule has 4 atom stereocenters. The molecule has 5 aliphatic rings. The van der Waals surface area contributed by atoms with E-state index in [1.54, 1.807) is 0 Å². The van der Waals surface area contributed by atoms with Crippen LogP contribution in [0.25, 0.3) is 0 Å². The van der Waals surface area contributed by atoms with Crippen molar-refractivity contribution < 1.29 is 24.2 Å². The van der Waals surface area contributed by atoms with Crippen LogP contribution in [0, 0.1) is 11.3 Å². The zero-order valence-corrected chi connectivity index (χ0v) is 14.3. The number of cyclic esters (lactones) is 1. The van der Waals surface area contributed by atoms with Crippen LogP contribution in [0.2, 0.25) is 0 Å². The van der Waals surface area contributed by atoms with Gasteiger partial charge in [-0.2, -0.15) is 0 Å². The number of carbonyl (C=O) groups is 2. The van der Waals surface area contributed by atoms with Crippen molar-refractivity contribution in [1.82, 2.24) is 0 Å². The van der Waals surface area contributed by atoms with Gasteiger partial charge in [-0.25, -0.2) is 4.79 Å². The van der Waals surface area contributed by atoms with Crippen molar-refractivity contribution in [3.05, 3.63) is 34.4 Å². The molecule has 5 nitrogen and oxygen atoms in total. The fraction of sp³-hybridized carbons (Fsp3) is 0.600. The summed E-state index contributed by atoms with van der Waals surface area (Å²) in [5.74, 6) is 0.141. The number of aliphatic hydroxyl groups is 1. The van der Waals surface area contributed by atoms with Crippen molar-refractivity contribution in [2.24, 2.45) is 11.3 Å². The Morgan fingerprint density at radius 1 is 1.32 bits per heavy atom. The van der Waals surface area contributed by atoms with Crippen LogP contribution in [-0.2, 0) is 19.1 Å². The molecule has 5 heteroatoms. The number of Topliss-reactive ketones (excluding diaryl/α,β-unsaturated/α-hetero) is 1. The van der Waals surface area contributed by atoms with Crippen LogP contribution in [-0.4, -0.2) is 41.8 Å². The number of esters is 1. The number of fused-ring (bicyclic) bond motifs is 3. The van der Waals surface area contributed by atoms with Gasteiger partial charge >= 0.3 is 5.97 Å². The van der Waals surface area contributed by atoms with Crippen LogP contribution in [0.5, 0.6) is 0 Å². The van der Waals surface area contributed by atoms with Gasteiger partial charge < -0.3 is 14.6 Å². The molecule has 1 N–H and O–H groups in total. The molecule has 3 aliphatic carbocycles. The molecule has 0 bridgehead atoms. The second-order valence-corrected chi connectivity index (χ2v) is 8.06. The van der Waals surface area contributed by atoms with Gasteiger partial charge in [0.05, 0.1) is 0 Å². The average molecular weight is 342 g/mol. The first kappa shape index (κ1) is 15.5. The first-order chi connectivity index (χ1) is 12.0. The standard InChI is InChI=1S/C20H22O5/c1-19-7-6-12-13(10-24-18(12)23)14(19)9-16-20(25-16)15(19)5-4-11(17(20)22)3-2-8-21/h4-5,14,16,21H,2-3,6-10H2,1H3. The summed E-state index contributed by atoms with van der Waals surface area (Å²) in [4.78, 5) is 25.1. The molecule has 4 unspecified atom stereocenters. The molecule has 2 heterocycles. The predicted molar refractivity (Wildman–Crippen MR) is 88.5 cm³/mol. The minimum absolute atomic E-state index is 0.0849. The van der Waals surface area contributed by atoms with E-state index in [1.807, 2.05) is 6.08 Å². The highest BCUT2D eigenvalue weighted by Gasteiger charge is 2.73.